The van der Waals surface area contributed by atoms with Crippen molar-refractivity contribution >= 4 is 45.7 Å². The molecule has 1 aromatic carbocycles. The molecule has 0 unspecified atom stereocenters. The number of anilines is 2. The van der Waals surface area contributed by atoms with Gasteiger partial charge in [0.1, 0.15) is 5.82 Å². The summed E-state index contributed by atoms with van der Waals surface area (Å²) in [6.45, 7) is 0.494. The predicted molar refractivity (Wildman–Crippen MR) is 86.3 cm³/mol. The number of amides is 2. The van der Waals surface area contributed by atoms with Gasteiger partial charge < -0.3 is 5.32 Å². The van der Waals surface area contributed by atoms with Crippen molar-refractivity contribution in [1.29, 1.82) is 0 Å². The summed E-state index contributed by atoms with van der Waals surface area (Å²) in [4.78, 5) is 24.7. The average Bonchev–Trinajstić information content (AvgIpc) is 3.16. The Morgan fingerprint density at radius 3 is 2.96 bits per heavy atom. The number of thioether (sulfide) groups is 1. The first-order chi connectivity index (χ1) is 11.1. The number of carbonyl (C=O) groups is 2. The Balaban J connectivity index is 1.56. The Morgan fingerprint density at radius 1 is 1.39 bits per heavy atom. The molecule has 23 heavy (non-hydrogen) atoms. The van der Waals surface area contributed by atoms with E-state index >= 15 is 0 Å². The molecule has 0 atom stereocenters. The van der Waals surface area contributed by atoms with Gasteiger partial charge in [-0.05, 0) is 18.6 Å². The number of nitrogens with one attached hydrogen (secondary N) is 1. The van der Waals surface area contributed by atoms with Crippen LogP contribution >= 0.6 is 23.1 Å². The van der Waals surface area contributed by atoms with Gasteiger partial charge in [0.25, 0.3) is 0 Å². The van der Waals surface area contributed by atoms with Gasteiger partial charge in [-0.2, -0.15) is 0 Å². The summed E-state index contributed by atoms with van der Waals surface area (Å²) in [6, 6.07) is 6.28. The quantitative estimate of drug-likeness (QED) is 0.834. The second kappa shape index (κ2) is 7.05. The highest BCUT2D eigenvalue weighted by Crippen LogP contribution is 2.28. The van der Waals surface area contributed by atoms with Gasteiger partial charge in [-0.3, -0.25) is 14.5 Å². The van der Waals surface area contributed by atoms with Crippen LogP contribution in [0.4, 0.5) is 15.2 Å². The summed E-state index contributed by atoms with van der Waals surface area (Å²) in [7, 11) is 0. The Labute approximate surface area is 140 Å². The van der Waals surface area contributed by atoms with E-state index in [0.29, 0.717) is 28.1 Å². The van der Waals surface area contributed by atoms with Gasteiger partial charge in [0, 0.05) is 13.0 Å². The third-order valence-electron chi connectivity index (χ3n) is 3.22. The molecule has 0 spiro atoms. The molecule has 1 saturated heterocycles. The minimum atomic E-state index is -0.375. The van der Waals surface area contributed by atoms with E-state index in [0.717, 1.165) is 6.42 Å². The fourth-order valence-corrected chi connectivity index (χ4v) is 3.75. The lowest BCUT2D eigenvalue weighted by atomic mass is 10.3. The van der Waals surface area contributed by atoms with Gasteiger partial charge in [-0.1, -0.05) is 35.2 Å². The molecule has 0 saturated carbocycles. The first-order valence-electron chi connectivity index (χ1n) is 6.94. The maximum absolute atomic E-state index is 13.6. The van der Waals surface area contributed by atoms with Crippen LogP contribution in [0.15, 0.2) is 28.6 Å². The molecule has 1 aliphatic heterocycles. The Morgan fingerprint density at radius 2 is 2.22 bits per heavy atom. The molecule has 3 rings (SSSR count). The molecule has 1 N–H and O–H groups in total. The van der Waals surface area contributed by atoms with E-state index in [1.54, 1.807) is 18.2 Å². The monoisotopic (exact) mass is 352 g/mol. The maximum Gasteiger partial charge on any atom is 0.239 e. The Kier molecular flexibility index (Phi) is 4.87. The van der Waals surface area contributed by atoms with Crippen LogP contribution in [0.5, 0.6) is 0 Å². The highest BCUT2D eigenvalue weighted by Gasteiger charge is 2.26. The van der Waals surface area contributed by atoms with Gasteiger partial charge in [-0.15, -0.1) is 10.2 Å². The summed E-state index contributed by atoms with van der Waals surface area (Å²) in [6.07, 6.45) is 1.16. The van der Waals surface area contributed by atoms with Gasteiger partial charge in [-0.25, -0.2) is 4.39 Å². The molecule has 0 bridgehead atoms. The zero-order valence-corrected chi connectivity index (χ0v) is 13.6. The van der Waals surface area contributed by atoms with Crippen molar-refractivity contribution < 1.29 is 14.0 Å². The van der Waals surface area contributed by atoms with Crippen molar-refractivity contribution in [2.24, 2.45) is 0 Å². The van der Waals surface area contributed by atoms with Gasteiger partial charge in [0.2, 0.25) is 16.9 Å². The number of likely N-dealkylation sites (tertiary alicyclic amines) is 1. The van der Waals surface area contributed by atoms with Gasteiger partial charge in [0.15, 0.2) is 4.34 Å². The van der Waals surface area contributed by atoms with Crippen molar-refractivity contribution in [3.63, 3.8) is 0 Å². The predicted octanol–water partition coefficient (Wildman–Crippen LogP) is 2.66. The molecule has 2 heterocycles. The summed E-state index contributed by atoms with van der Waals surface area (Å²) < 4.78 is 14.1. The van der Waals surface area contributed by atoms with Crippen LogP contribution in [-0.2, 0) is 9.59 Å². The van der Waals surface area contributed by atoms with Crippen LogP contribution in [0.3, 0.4) is 0 Å². The summed E-state index contributed by atoms with van der Waals surface area (Å²) in [5, 5.41) is 11.2. The fraction of sp³-hybridized carbons (Fsp3) is 0.286. The zero-order chi connectivity index (χ0) is 16.2. The molecule has 9 heteroatoms. The third-order valence-corrected chi connectivity index (χ3v) is 5.17. The standard InChI is InChI=1S/C14H13FN4O2S2/c15-9-4-1-2-5-10(9)16-13-17-18-14(23-13)22-8-12(21)19-7-3-6-11(19)20/h1-2,4-5H,3,6-8H2,(H,16,17). The van der Waals surface area contributed by atoms with Crippen LogP contribution in [0.1, 0.15) is 12.8 Å². The molecule has 2 aromatic rings. The molecule has 120 valence electrons. The first kappa shape index (κ1) is 15.9. The van der Waals surface area contributed by atoms with E-state index in [1.165, 1.54) is 34.1 Å². The van der Waals surface area contributed by atoms with E-state index in [1.807, 2.05) is 0 Å². The van der Waals surface area contributed by atoms with Crippen LogP contribution < -0.4 is 5.32 Å². The minimum absolute atomic E-state index is 0.116. The van der Waals surface area contributed by atoms with Crippen LogP contribution in [0, 0.1) is 5.82 Å². The van der Waals surface area contributed by atoms with Gasteiger partial charge >= 0.3 is 0 Å². The van der Waals surface area contributed by atoms with Crippen molar-refractivity contribution in [1.82, 2.24) is 15.1 Å². The molecular weight excluding hydrogens is 339 g/mol. The lowest BCUT2D eigenvalue weighted by molar-refractivity contribution is -0.140. The molecular formula is C14H13FN4O2S2. The first-order valence-corrected chi connectivity index (χ1v) is 8.75. The zero-order valence-electron chi connectivity index (χ0n) is 12.0. The van der Waals surface area contributed by atoms with Crippen LogP contribution in [0.25, 0.3) is 0 Å². The smallest absolute Gasteiger partial charge is 0.239 e. The van der Waals surface area contributed by atoms with Crippen molar-refractivity contribution in [3.8, 4) is 0 Å². The largest absolute Gasteiger partial charge is 0.328 e. The summed E-state index contributed by atoms with van der Waals surface area (Å²) >= 11 is 2.45. The van der Waals surface area contributed by atoms with E-state index in [4.69, 9.17) is 0 Å². The second-order valence-electron chi connectivity index (χ2n) is 4.81. The van der Waals surface area contributed by atoms with E-state index in [-0.39, 0.29) is 23.4 Å². The number of hydrogen-bond acceptors (Lipinski definition) is 7. The SMILES string of the molecule is O=C1CCCN1C(=O)CSc1nnc(Nc2ccccc2F)s1. The average molecular weight is 352 g/mol. The number of imide groups is 1. The molecule has 1 aliphatic rings. The summed E-state index contributed by atoms with van der Waals surface area (Å²) in [5.74, 6) is -0.564. The molecule has 1 fully saturated rings. The normalized spacial score (nSPS) is 14.3. The van der Waals surface area contributed by atoms with Crippen molar-refractivity contribution in [2.45, 2.75) is 17.2 Å². The Bertz CT molecular complexity index is 737. The Hall–Kier alpha value is -2.00. The molecule has 2 amide bonds. The maximum atomic E-state index is 13.6. The number of benzene rings is 1. The molecule has 1 aromatic heterocycles. The van der Waals surface area contributed by atoms with Gasteiger partial charge in [0.05, 0.1) is 11.4 Å². The summed E-state index contributed by atoms with van der Waals surface area (Å²) in [5.41, 5.74) is 0.318. The number of aromatic nitrogens is 2. The number of rotatable bonds is 5. The number of para-hydroxylation sites is 1. The minimum Gasteiger partial charge on any atom is -0.328 e. The van der Waals surface area contributed by atoms with Crippen molar-refractivity contribution in [2.75, 3.05) is 17.6 Å². The fourth-order valence-electron chi connectivity index (χ4n) is 2.11. The second-order valence-corrected chi connectivity index (χ2v) is 7.01. The van der Waals surface area contributed by atoms with E-state index in [2.05, 4.69) is 15.5 Å². The number of nitrogens with zero attached hydrogens (tertiary/aromatic N) is 3. The molecule has 0 aliphatic carbocycles. The molecule has 6 nitrogen and oxygen atoms in total. The topological polar surface area (TPSA) is 75.2 Å². The lowest BCUT2D eigenvalue weighted by Gasteiger charge is -2.11. The molecule has 0 radical (unpaired) electrons. The van der Waals surface area contributed by atoms with Crippen molar-refractivity contribution in [3.05, 3.63) is 30.1 Å². The van der Waals surface area contributed by atoms with E-state index < -0.39 is 0 Å². The number of carbonyl (C=O) groups excluding carboxylic acids is 2. The van der Waals surface area contributed by atoms with Crippen LogP contribution in [0.2, 0.25) is 0 Å². The number of hydrogen-bond donors (Lipinski definition) is 1. The highest BCUT2D eigenvalue weighted by atomic mass is 32.2. The number of halogens is 1. The van der Waals surface area contributed by atoms with E-state index in [9.17, 15) is 14.0 Å². The lowest BCUT2D eigenvalue weighted by Crippen LogP contribution is -2.33. The third kappa shape index (κ3) is 3.85. The van der Waals surface area contributed by atoms with Crippen LogP contribution in [-0.4, -0.2) is 39.2 Å². The highest BCUT2D eigenvalue weighted by molar-refractivity contribution is 8.01.